The normalized spacial score (nSPS) is 12.0. The SMILES string of the molecule is Cc1cc(-c2c(OCC[Si](C)(C)C)nc3cc(Cl)c(C(=O)Nc4cnsn4)cc3c2OCC[Si](C)(C)C)cc(C)c1C. The van der Waals surface area contributed by atoms with Crippen LogP contribution >= 0.6 is 23.3 Å². The summed E-state index contributed by atoms with van der Waals surface area (Å²) in [5.41, 5.74) is 6.31. The fraction of sp³-hybridized carbons (Fsp3) is 0.419. The summed E-state index contributed by atoms with van der Waals surface area (Å²) >= 11 is 7.71. The highest BCUT2D eigenvalue weighted by molar-refractivity contribution is 6.99. The molecule has 224 valence electrons. The first-order chi connectivity index (χ1) is 19.6. The van der Waals surface area contributed by atoms with Gasteiger partial charge >= 0.3 is 0 Å². The van der Waals surface area contributed by atoms with E-state index in [9.17, 15) is 4.79 Å². The summed E-state index contributed by atoms with van der Waals surface area (Å²) < 4.78 is 21.2. The molecular weight excluding hydrogens is 600 g/mol. The zero-order chi connectivity index (χ0) is 30.8. The van der Waals surface area contributed by atoms with Crippen molar-refractivity contribution in [2.75, 3.05) is 18.5 Å². The molecule has 1 amide bonds. The van der Waals surface area contributed by atoms with Gasteiger partial charge in [-0.05, 0) is 67.2 Å². The topological polar surface area (TPSA) is 86.2 Å². The Balaban J connectivity index is 1.95. The molecule has 0 atom stereocenters. The minimum absolute atomic E-state index is 0.284. The van der Waals surface area contributed by atoms with Crippen LogP contribution in [0.2, 0.25) is 56.4 Å². The monoisotopic (exact) mass is 640 g/mol. The quantitative estimate of drug-likeness (QED) is 0.165. The first kappa shape index (κ1) is 32.1. The minimum atomic E-state index is -1.39. The summed E-state index contributed by atoms with van der Waals surface area (Å²) in [4.78, 5) is 18.3. The number of carbonyl (C=O) groups is 1. The highest BCUT2D eigenvalue weighted by atomic mass is 35.5. The molecule has 0 fully saturated rings. The van der Waals surface area contributed by atoms with E-state index in [2.05, 4.69) is 86.2 Å². The molecule has 4 rings (SSSR count). The van der Waals surface area contributed by atoms with Crippen molar-refractivity contribution in [3.63, 3.8) is 0 Å². The lowest BCUT2D eigenvalue weighted by molar-refractivity contribution is 0.102. The van der Waals surface area contributed by atoms with Crippen LogP contribution in [0.5, 0.6) is 11.6 Å². The Morgan fingerprint density at radius 1 is 0.929 bits per heavy atom. The van der Waals surface area contributed by atoms with Gasteiger partial charge in [0.15, 0.2) is 5.82 Å². The maximum atomic E-state index is 13.3. The van der Waals surface area contributed by atoms with Crippen molar-refractivity contribution >= 4 is 62.1 Å². The Labute approximate surface area is 260 Å². The van der Waals surface area contributed by atoms with Crippen LogP contribution in [0.25, 0.3) is 22.0 Å². The highest BCUT2D eigenvalue weighted by Gasteiger charge is 2.25. The van der Waals surface area contributed by atoms with Crippen LogP contribution in [0.1, 0.15) is 27.0 Å². The van der Waals surface area contributed by atoms with Crippen LogP contribution in [0, 0.1) is 20.8 Å². The lowest BCUT2D eigenvalue weighted by Crippen LogP contribution is -2.23. The average Bonchev–Trinajstić information content (AvgIpc) is 3.38. The standard InChI is InChI=1S/C31H41ClN4O3SSi2/c1-19-14-22(15-20(2)21(19)3)28-29(38-10-12-41(4,5)6)24-16-23(30(37)35-27-18-33-40-36-27)25(32)17-26(24)34-31(28)39-11-13-42(7,8)9/h14-18H,10-13H2,1-9H3,(H,35,36,37). The number of pyridine rings is 1. The van der Waals surface area contributed by atoms with Crippen molar-refractivity contribution in [2.45, 2.75) is 72.1 Å². The molecule has 11 heteroatoms. The number of anilines is 1. The van der Waals surface area contributed by atoms with Gasteiger partial charge in [0, 0.05) is 21.5 Å². The Kier molecular flexibility index (Phi) is 9.81. The third-order valence-electron chi connectivity index (χ3n) is 7.25. The highest BCUT2D eigenvalue weighted by Crippen LogP contribution is 2.45. The summed E-state index contributed by atoms with van der Waals surface area (Å²) in [5.74, 6) is 1.18. The molecule has 0 spiro atoms. The third kappa shape index (κ3) is 7.97. The number of amides is 1. The van der Waals surface area contributed by atoms with Crippen molar-refractivity contribution in [3.8, 4) is 22.8 Å². The first-order valence-corrected chi connectivity index (χ1v) is 22.8. The molecule has 2 heterocycles. The zero-order valence-corrected chi connectivity index (χ0v) is 29.6. The van der Waals surface area contributed by atoms with Gasteiger partial charge in [-0.2, -0.15) is 8.75 Å². The Morgan fingerprint density at radius 3 is 2.12 bits per heavy atom. The van der Waals surface area contributed by atoms with Gasteiger partial charge in [-0.15, -0.1) is 0 Å². The summed E-state index contributed by atoms with van der Waals surface area (Å²) in [6.07, 6.45) is 1.51. The molecule has 7 nitrogen and oxygen atoms in total. The van der Waals surface area contributed by atoms with Crippen molar-refractivity contribution in [1.82, 2.24) is 13.7 Å². The second-order valence-electron chi connectivity index (χ2n) is 13.3. The zero-order valence-electron chi connectivity index (χ0n) is 26.1. The minimum Gasteiger partial charge on any atom is -0.492 e. The van der Waals surface area contributed by atoms with Gasteiger partial charge in [0.2, 0.25) is 5.88 Å². The number of carbonyl (C=O) groups excluding carboxylic acids is 1. The van der Waals surface area contributed by atoms with E-state index in [1.165, 1.54) is 22.9 Å². The summed E-state index contributed by atoms with van der Waals surface area (Å²) in [6.45, 7) is 21.5. The second kappa shape index (κ2) is 12.8. The van der Waals surface area contributed by atoms with Crippen LogP contribution in [0.15, 0.2) is 30.5 Å². The molecule has 0 unspecified atom stereocenters. The molecule has 0 bridgehead atoms. The number of hydrogen-bond acceptors (Lipinski definition) is 7. The van der Waals surface area contributed by atoms with Crippen LogP contribution in [-0.4, -0.2) is 49.0 Å². The molecule has 0 aliphatic heterocycles. The Bertz CT molecular complexity index is 1580. The van der Waals surface area contributed by atoms with E-state index in [0.717, 1.165) is 34.9 Å². The fourth-order valence-electron chi connectivity index (χ4n) is 4.41. The molecule has 4 aromatic rings. The average molecular weight is 641 g/mol. The van der Waals surface area contributed by atoms with E-state index in [-0.39, 0.29) is 10.9 Å². The van der Waals surface area contributed by atoms with Crippen LogP contribution < -0.4 is 14.8 Å². The van der Waals surface area contributed by atoms with Crippen molar-refractivity contribution < 1.29 is 14.3 Å². The number of benzene rings is 2. The lowest BCUT2D eigenvalue weighted by atomic mass is 9.95. The number of nitrogens with zero attached hydrogens (tertiary/aromatic N) is 3. The summed E-state index contributed by atoms with van der Waals surface area (Å²) in [6, 6.07) is 9.80. The van der Waals surface area contributed by atoms with Crippen molar-refractivity contribution in [3.05, 3.63) is 57.7 Å². The third-order valence-corrected chi connectivity index (χ3v) is 11.4. The fourth-order valence-corrected chi connectivity index (χ4v) is 6.46. The molecule has 42 heavy (non-hydrogen) atoms. The predicted octanol–water partition coefficient (Wildman–Crippen LogP) is 9.02. The largest absolute Gasteiger partial charge is 0.492 e. The van der Waals surface area contributed by atoms with Crippen LogP contribution in [0.3, 0.4) is 0 Å². The van der Waals surface area contributed by atoms with E-state index in [0.29, 0.717) is 47.1 Å². The molecule has 0 aliphatic carbocycles. The van der Waals surface area contributed by atoms with E-state index in [4.69, 9.17) is 26.1 Å². The van der Waals surface area contributed by atoms with Gasteiger partial charge in [0.25, 0.3) is 5.91 Å². The van der Waals surface area contributed by atoms with Crippen LogP contribution in [0.4, 0.5) is 5.82 Å². The van der Waals surface area contributed by atoms with Gasteiger partial charge < -0.3 is 14.8 Å². The van der Waals surface area contributed by atoms with E-state index >= 15 is 0 Å². The number of ether oxygens (including phenoxy) is 2. The molecule has 1 N–H and O–H groups in total. The second-order valence-corrected chi connectivity index (χ2v) is 25.5. The van der Waals surface area contributed by atoms with Gasteiger partial charge in [-0.1, -0.05) is 63.0 Å². The lowest BCUT2D eigenvalue weighted by Gasteiger charge is -2.22. The Hall–Kier alpha value is -2.80. The van der Waals surface area contributed by atoms with Gasteiger partial charge in [-0.3, -0.25) is 4.79 Å². The predicted molar refractivity (Wildman–Crippen MR) is 182 cm³/mol. The van der Waals surface area contributed by atoms with E-state index < -0.39 is 16.1 Å². The number of aromatic nitrogens is 3. The van der Waals surface area contributed by atoms with Gasteiger partial charge in [0.05, 0.1) is 52.8 Å². The molecule has 0 aliphatic rings. The summed E-state index contributed by atoms with van der Waals surface area (Å²) in [7, 11) is -2.75. The van der Waals surface area contributed by atoms with Gasteiger partial charge in [-0.25, -0.2) is 4.98 Å². The number of halogens is 1. The van der Waals surface area contributed by atoms with Crippen molar-refractivity contribution in [2.24, 2.45) is 0 Å². The molecule has 0 saturated heterocycles. The van der Waals surface area contributed by atoms with Crippen molar-refractivity contribution in [1.29, 1.82) is 0 Å². The van der Waals surface area contributed by atoms with E-state index in [1.54, 1.807) is 12.1 Å². The van der Waals surface area contributed by atoms with Gasteiger partial charge in [0.1, 0.15) is 5.75 Å². The van der Waals surface area contributed by atoms with Crippen LogP contribution in [-0.2, 0) is 0 Å². The maximum Gasteiger partial charge on any atom is 0.258 e. The molecular formula is C31H41ClN4O3SSi2. The number of hydrogen-bond donors (Lipinski definition) is 1. The maximum absolute atomic E-state index is 13.3. The number of nitrogens with one attached hydrogen (secondary N) is 1. The first-order valence-electron chi connectivity index (χ1n) is 14.2. The molecule has 0 radical (unpaired) electrons. The molecule has 0 saturated carbocycles. The molecule has 2 aromatic carbocycles. The number of fused-ring (bicyclic) bond motifs is 1. The number of aryl methyl sites for hydroxylation is 2. The molecule has 2 aromatic heterocycles. The Morgan fingerprint density at radius 2 is 1.55 bits per heavy atom. The summed E-state index contributed by atoms with van der Waals surface area (Å²) in [5, 5.41) is 3.78. The number of rotatable bonds is 11. The van der Waals surface area contributed by atoms with E-state index in [1.807, 2.05) is 0 Å². The smallest absolute Gasteiger partial charge is 0.258 e.